The summed E-state index contributed by atoms with van der Waals surface area (Å²) in [5, 5.41) is 9.49. The summed E-state index contributed by atoms with van der Waals surface area (Å²) in [6.45, 7) is 2.64. The van der Waals surface area contributed by atoms with E-state index in [-0.39, 0.29) is 22.8 Å². The van der Waals surface area contributed by atoms with Gasteiger partial charge in [0.15, 0.2) is 5.78 Å². The Morgan fingerprint density at radius 1 is 1.03 bits per heavy atom. The molecule has 0 spiro atoms. The van der Waals surface area contributed by atoms with Crippen molar-refractivity contribution in [3.63, 3.8) is 0 Å². The van der Waals surface area contributed by atoms with Crippen molar-refractivity contribution < 1.29 is 19.1 Å². The average Bonchev–Trinajstić information content (AvgIpc) is 3.66. The molecular weight excluding hydrogens is 425 g/mol. The van der Waals surface area contributed by atoms with Gasteiger partial charge in [0.25, 0.3) is 0 Å². The number of Topliss-reactive ketones (excluding diaryl/α,β-unsaturated/α-hetero) is 1. The minimum absolute atomic E-state index is 0.0589. The van der Waals surface area contributed by atoms with Crippen LogP contribution in [0.1, 0.15) is 39.6 Å². The first-order valence-corrected chi connectivity index (χ1v) is 11.1. The van der Waals surface area contributed by atoms with Crippen LogP contribution in [0.5, 0.6) is 0 Å². The van der Waals surface area contributed by atoms with Gasteiger partial charge in [-0.2, -0.15) is 0 Å². The van der Waals surface area contributed by atoms with Crippen molar-refractivity contribution >= 4 is 28.3 Å². The minimum atomic E-state index is -1.30. The Bertz CT molecular complexity index is 1290. The number of hydrogen-bond acceptors (Lipinski definition) is 5. The second kappa shape index (κ2) is 8.44. The average molecular weight is 449 g/mol. The summed E-state index contributed by atoms with van der Waals surface area (Å²) in [7, 11) is 0. The molecule has 2 fully saturated rings. The van der Waals surface area contributed by atoms with Crippen LogP contribution in [0.25, 0.3) is 10.9 Å². The van der Waals surface area contributed by atoms with Crippen molar-refractivity contribution in [2.75, 3.05) is 37.6 Å². The molecule has 0 bridgehead atoms. The third-order valence-electron chi connectivity index (χ3n) is 6.45. The number of aromatic nitrogens is 1. The summed E-state index contributed by atoms with van der Waals surface area (Å²) in [4.78, 5) is 40.6. The molecule has 1 saturated carbocycles. The van der Waals surface area contributed by atoms with Crippen molar-refractivity contribution in [3.8, 4) is 0 Å². The van der Waals surface area contributed by atoms with Gasteiger partial charge in [-0.05, 0) is 25.0 Å². The maximum Gasteiger partial charge on any atom is 0.341 e. The van der Waals surface area contributed by atoms with Gasteiger partial charge >= 0.3 is 5.97 Å². The zero-order chi connectivity index (χ0) is 23.1. The maximum absolute atomic E-state index is 15.1. The third-order valence-corrected chi connectivity index (χ3v) is 6.45. The molecule has 5 rings (SSSR count). The molecule has 1 N–H and O–H groups in total. The SMILES string of the molecule is O=C(CN1CCN(c2cc3c(cc2F)c(=O)c(C(=O)O)cn3C2CC2)CC1)c1ccccc1. The van der Waals surface area contributed by atoms with Gasteiger partial charge in [0.05, 0.1) is 17.7 Å². The van der Waals surface area contributed by atoms with Gasteiger partial charge < -0.3 is 14.6 Å². The van der Waals surface area contributed by atoms with E-state index in [1.807, 2.05) is 23.1 Å². The zero-order valence-corrected chi connectivity index (χ0v) is 18.0. The third kappa shape index (κ3) is 4.14. The zero-order valence-electron chi connectivity index (χ0n) is 18.0. The van der Waals surface area contributed by atoms with Gasteiger partial charge in [-0.3, -0.25) is 14.5 Å². The Balaban J connectivity index is 1.38. The van der Waals surface area contributed by atoms with E-state index in [1.54, 1.807) is 22.8 Å². The Morgan fingerprint density at radius 2 is 1.73 bits per heavy atom. The monoisotopic (exact) mass is 449 g/mol. The molecule has 0 unspecified atom stereocenters. The van der Waals surface area contributed by atoms with E-state index in [1.165, 1.54) is 12.3 Å². The molecule has 2 aliphatic rings. The quantitative estimate of drug-likeness (QED) is 0.582. The van der Waals surface area contributed by atoms with Crippen LogP contribution in [0.3, 0.4) is 0 Å². The highest BCUT2D eigenvalue weighted by Crippen LogP contribution is 2.38. The highest BCUT2D eigenvalue weighted by atomic mass is 19.1. The normalized spacial score (nSPS) is 16.8. The molecule has 2 aromatic carbocycles. The topological polar surface area (TPSA) is 82.8 Å². The molecule has 1 aliphatic heterocycles. The van der Waals surface area contributed by atoms with Crippen LogP contribution in [-0.2, 0) is 0 Å². The highest BCUT2D eigenvalue weighted by Gasteiger charge is 2.28. The first-order chi connectivity index (χ1) is 15.9. The Hall–Kier alpha value is -3.52. The van der Waals surface area contributed by atoms with Crippen molar-refractivity contribution in [3.05, 3.63) is 75.8 Å². The summed E-state index contributed by atoms with van der Waals surface area (Å²) < 4.78 is 16.9. The molecule has 7 nitrogen and oxygen atoms in total. The van der Waals surface area contributed by atoms with Crippen LogP contribution in [0, 0.1) is 5.82 Å². The van der Waals surface area contributed by atoms with Crippen molar-refractivity contribution in [1.82, 2.24) is 9.47 Å². The lowest BCUT2D eigenvalue weighted by Crippen LogP contribution is -2.48. The molecule has 0 atom stereocenters. The number of fused-ring (bicyclic) bond motifs is 1. The van der Waals surface area contributed by atoms with E-state index >= 15 is 4.39 Å². The van der Waals surface area contributed by atoms with Crippen LogP contribution < -0.4 is 10.3 Å². The number of carbonyl (C=O) groups is 2. The number of aromatic carboxylic acids is 1. The fraction of sp³-hybridized carbons (Fsp3) is 0.320. The number of benzene rings is 2. The van der Waals surface area contributed by atoms with E-state index in [9.17, 15) is 19.5 Å². The first kappa shape index (κ1) is 21.3. The molecule has 1 aromatic heterocycles. The molecule has 8 heteroatoms. The van der Waals surface area contributed by atoms with Gasteiger partial charge in [-0.25, -0.2) is 9.18 Å². The standard InChI is InChI=1S/C25H24FN3O4/c26-20-12-18-21(29(17-6-7-17)14-19(24(18)31)25(32)33)13-22(20)28-10-8-27(9-11-28)15-23(30)16-4-2-1-3-5-16/h1-5,12-14,17H,6-11,15H2,(H,32,33). The molecule has 1 saturated heterocycles. The fourth-order valence-corrected chi connectivity index (χ4v) is 4.47. The van der Waals surface area contributed by atoms with Crippen molar-refractivity contribution in [2.24, 2.45) is 0 Å². The number of hydrogen-bond donors (Lipinski definition) is 1. The Morgan fingerprint density at radius 3 is 2.36 bits per heavy atom. The molecule has 0 radical (unpaired) electrons. The van der Waals surface area contributed by atoms with E-state index < -0.39 is 17.2 Å². The van der Waals surface area contributed by atoms with E-state index in [2.05, 4.69) is 4.90 Å². The van der Waals surface area contributed by atoms with E-state index in [4.69, 9.17) is 0 Å². The minimum Gasteiger partial charge on any atom is -0.477 e. The second-order valence-corrected chi connectivity index (χ2v) is 8.69. The lowest BCUT2D eigenvalue weighted by molar-refractivity contribution is 0.0694. The predicted molar refractivity (Wildman–Crippen MR) is 123 cm³/mol. The number of ketones is 1. The van der Waals surface area contributed by atoms with Gasteiger partial charge in [-0.15, -0.1) is 0 Å². The summed E-state index contributed by atoms with van der Waals surface area (Å²) in [5.74, 6) is -1.79. The van der Waals surface area contributed by atoms with E-state index in [0.717, 1.165) is 12.8 Å². The van der Waals surface area contributed by atoms with E-state index in [0.29, 0.717) is 49.5 Å². The van der Waals surface area contributed by atoms with Gasteiger partial charge in [0.2, 0.25) is 5.43 Å². The van der Waals surface area contributed by atoms with Gasteiger partial charge in [0.1, 0.15) is 11.4 Å². The number of nitrogens with zero attached hydrogens (tertiary/aromatic N) is 3. The number of carboxylic acid groups (broad SMARTS) is 1. The van der Waals surface area contributed by atoms with Crippen LogP contribution in [0.4, 0.5) is 10.1 Å². The smallest absolute Gasteiger partial charge is 0.341 e. The van der Waals surface area contributed by atoms with Crippen LogP contribution >= 0.6 is 0 Å². The summed E-state index contributed by atoms with van der Waals surface area (Å²) in [6.07, 6.45) is 3.19. The fourth-order valence-electron chi connectivity index (χ4n) is 4.47. The van der Waals surface area contributed by atoms with Crippen LogP contribution in [0.15, 0.2) is 53.5 Å². The second-order valence-electron chi connectivity index (χ2n) is 8.69. The van der Waals surface area contributed by atoms with Crippen LogP contribution in [-0.4, -0.2) is 59.0 Å². The number of rotatable bonds is 6. The lowest BCUT2D eigenvalue weighted by Gasteiger charge is -2.36. The Kier molecular flexibility index (Phi) is 5.46. The van der Waals surface area contributed by atoms with Crippen LogP contribution in [0.2, 0.25) is 0 Å². The highest BCUT2D eigenvalue weighted by molar-refractivity contribution is 5.97. The number of halogens is 1. The van der Waals surface area contributed by atoms with Gasteiger partial charge in [0, 0.05) is 49.4 Å². The lowest BCUT2D eigenvalue weighted by atomic mass is 10.1. The molecule has 3 aromatic rings. The number of carbonyl (C=O) groups excluding carboxylic acids is 1. The summed E-state index contributed by atoms with van der Waals surface area (Å²) in [5.41, 5.74) is 0.639. The predicted octanol–water partition coefficient (Wildman–Crippen LogP) is 3.18. The summed E-state index contributed by atoms with van der Waals surface area (Å²) in [6, 6.07) is 12.1. The molecule has 0 amide bonds. The first-order valence-electron chi connectivity index (χ1n) is 11.1. The molecule has 33 heavy (non-hydrogen) atoms. The summed E-state index contributed by atoms with van der Waals surface area (Å²) >= 11 is 0. The number of carboxylic acids is 1. The molecule has 2 heterocycles. The van der Waals surface area contributed by atoms with Gasteiger partial charge in [-0.1, -0.05) is 30.3 Å². The molecule has 170 valence electrons. The number of pyridine rings is 1. The molecule has 1 aliphatic carbocycles. The maximum atomic E-state index is 15.1. The number of piperazine rings is 1. The van der Waals surface area contributed by atoms with Crippen molar-refractivity contribution in [2.45, 2.75) is 18.9 Å². The Labute approximate surface area is 189 Å². The van der Waals surface area contributed by atoms with Crippen molar-refractivity contribution in [1.29, 1.82) is 0 Å². The number of anilines is 1. The molecular formula is C25H24FN3O4. The largest absolute Gasteiger partial charge is 0.477 e.